The quantitative estimate of drug-likeness (QED) is 0.825. The molecule has 0 aliphatic heterocycles. The van der Waals surface area contributed by atoms with E-state index in [0.29, 0.717) is 16.7 Å². The Balaban J connectivity index is 1.99. The van der Waals surface area contributed by atoms with Gasteiger partial charge in [-0.05, 0) is 36.1 Å². The van der Waals surface area contributed by atoms with E-state index in [9.17, 15) is 4.79 Å². The largest absolute Gasteiger partial charge is 0.482 e. The Morgan fingerprint density at radius 3 is 2.59 bits per heavy atom. The van der Waals surface area contributed by atoms with E-state index < -0.39 is 0 Å². The molecular formula is C18H20ClNO2. The summed E-state index contributed by atoms with van der Waals surface area (Å²) in [6.45, 7) is 4.20. The molecule has 1 unspecified atom stereocenters. The highest BCUT2D eigenvalue weighted by molar-refractivity contribution is 6.32. The van der Waals surface area contributed by atoms with Crippen LogP contribution in [0.2, 0.25) is 5.02 Å². The van der Waals surface area contributed by atoms with Crippen molar-refractivity contribution < 1.29 is 9.53 Å². The van der Waals surface area contributed by atoms with Crippen LogP contribution in [0, 0.1) is 0 Å². The second kappa shape index (κ2) is 7.85. The molecule has 0 radical (unpaired) electrons. The monoisotopic (exact) mass is 317 g/mol. The van der Waals surface area contributed by atoms with Gasteiger partial charge in [0.05, 0.1) is 5.02 Å². The zero-order valence-corrected chi connectivity index (χ0v) is 13.6. The van der Waals surface area contributed by atoms with E-state index in [1.54, 1.807) is 12.1 Å². The predicted molar refractivity (Wildman–Crippen MR) is 90.7 cm³/mol. The van der Waals surface area contributed by atoms with Crippen molar-refractivity contribution in [3.05, 3.63) is 59.1 Å². The van der Waals surface area contributed by atoms with E-state index in [2.05, 4.69) is 19.2 Å². The summed E-state index contributed by atoms with van der Waals surface area (Å²) in [5.74, 6) is 0.700. The highest BCUT2D eigenvalue weighted by atomic mass is 35.5. The molecule has 1 atom stereocenters. The summed E-state index contributed by atoms with van der Waals surface area (Å²) in [4.78, 5) is 12.1. The van der Waals surface area contributed by atoms with E-state index in [-0.39, 0.29) is 12.5 Å². The van der Waals surface area contributed by atoms with Crippen LogP contribution >= 0.6 is 11.6 Å². The number of hydrogen-bond donors (Lipinski definition) is 1. The topological polar surface area (TPSA) is 38.3 Å². The molecule has 0 spiro atoms. The summed E-state index contributed by atoms with van der Waals surface area (Å²) in [6, 6.07) is 15.0. The van der Waals surface area contributed by atoms with Crippen LogP contribution in [0.25, 0.3) is 0 Å². The predicted octanol–water partition coefficient (Wildman–Crippen LogP) is 4.87. The molecule has 0 bridgehead atoms. The molecular weight excluding hydrogens is 298 g/mol. The lowest BCUT2D eigenvalue weighted by atomic mass is 9.97. The van der Waals surface area contributed by atoms with Gasteiger partial charge in [-0.25, -0.2) is 0 Å². The molecule has 3 nitrogen and oxygen atoms in total. The van der Waals surface area contributed by atoms with E-state index in [1.807, 2.05) is 36.4 Å². The molecule has 0 aliphatic rings. The molecule has 2 aromatic rings. The highest BCUT2D eigenvalue weighted by Crippen LogP contribution is 2.27. The third-order valence-corrected chi connectivity index (χ3v) is 3.89. The highest BCUT2D eigenvalue weighted by Gasteiger charge is 2.11. The minimum Gasteiger partial charge on any atom is -0.482 e. The molecule has 22 heavy (non-hydrogen) atoms. The van der Waals surface area contributed by atoms with E-state index in [4.69, 9.17) is 16.3 Å². The fraction of sp³-hybridized carbons (Fsp3) is 0.278. The van der Waals surface area contributed by atoms with Crippen molar-refractivity contribution in [2.75, 3.05) is 11.9 Å². The maximum absolute atomic E-state index is 12.1. The van der Waals surface area contributed by atoms with Gasteiger partial charge in [0.2, 0.25) is 0 Å². The molecule has 4 heteroatoms. The number of rotatable bonds is 6. The first-order valence-electron chi connectivity index (χ1n) is 7.38. The average Bonchev–Trinajstić information content (AvgIpc) is 2.54. The first-order valence-corrected chi connectivity index (χ1v) is 7.75. The molecule has 1 N–H and O–H groups in total. The number of amides is 1. The molecule has 0 aromatic heterocycles. The number of para-hydroxylation sites is 2. The van der Waals surface area contributed by atoms with Gasteiger partial charge in [-0.2, -0.15) is 0 Å². The van der Waals surface area contributed by atoms with Crippen LogP contribution in [0.3, 0.4) is 0 Å². The van der Waals surface area contributed by atoms with Crippen molar-refractivity contribution >= 4 is 23.2 Å². The smallest absolute Gasteiger partial charge is 0.262 e. The van der Waals surface area contributed by atoms with Crippen LogP contribution in [0.5, 0.6) is 5.75 Å². The molecule has 2 rings (SSSR count). The number of carbonyl (C=O) groups excluding carboxylic acids is 1. The van der Waals surface area contributed by atoms with E-state index in [0.717, 1.165) is 17.7 Å². The van der Waals surface area contributed by atoms with Crippen LogP contribution in [0.1, 0.15) is 31.7 Å². The molecule has 1 amide bonds. The minimum absolute atomic E-state index is 0.0709. The Hall–Kier alpha value is -2.00. The first-order chi connectivity index (χ1) is 10.6. The summed E-state index contributed by atoms with van der Waals surface area (Å²) in [5, 5.41) is 3.40. The van der Waals surface area contributed by atoms with Gasteiger partial charge in [0.15, 0.2) is 6.61 Å². The third kappa shape index (κ3) is 4.25. The van der Waals surface area contributed by atoms with Crippen molar-refractivity contribution in [2.45, 2.75) is 26.2 Å². The number of halogens is 1. The summed E-state index contributed by atoms with van der Waals surface area (Å²) in [6.07, 6.45) is 1.02. The SMILES string of the molecule is CCC(C)c1ccccc1NC(=O)COc1ccccc1Cl. The molecule has 0 fully saturated rings. The van der Waals surface area contributed by atoms with Crippen LogP contribution in [-0.2, 0) is 4.79 Å². The number of nitrogens with one attached hydrogen (secondary N) is 1. The summed E-state index contributed by atoms with van der Waals surface area (Å²) in [7, 11) is 0. The van der Waals surface area contributed by atoms with Gasteiger partial charge >= 0.3 is 0 Å². The Morgan fingerprint density at radius 2 is 1.86 bits per heavy atom. The van der Waals surface area contributed by atoms with Crippen molar-refractivity contribution in [1.29, 1.82) is 0 Å². The summed E-state index contributed by atoms with van der Waals surface area (Å²) in [5.41, 5.74) is 1.97. The first kappa shape index (κ1) is 16.4. The Labute approximate surface area is 136 Å². The summed E-state index contributed by atoms with van der Waals surface area (Å²) < 4.78 is 5.45. The Kier molecular flexibility index (Phi) is 5.84. The second-order valence-electron chi connectivity index (χ2n) is 5.16. The van der Waals surface area contributed by atoms with Crippen LogP contribution < -0.4 is 10.1 Å². The summed E-state index contributed by atoms with van der Waals surface area (Å²) >= 11 is 6.00. The average molecular weight is 318 g/mol. The van der Waals surface area contributed by atoms with Gasteiger partial charge in [0, 0.05) is 5.69 Å². The van der Waals surface area contributed by atoms with Gasteiger partial charge in [-0.3, -0.25) is 4.79 Å². The normalized spacial score (nSPS) is 11.8. The molecule has 0 saturated carbocycles. The fourth-order valence-electron chi connectivity index (χ4n) is 2.15. The van der Waals surface area contributed by atoms with Gasteiger partial charge < -0.3 is 10.1 Å². The molecule has 2 aromatic carbocycles. The van der Waals surface area contributed by atoms with Crippen LogP contribution in [0.4, 0.5) is 5.69 Å². The van der Waals surface area contributed by atoms with E-state index in [1.165, 1.54) is 0 Å². The number of carbonyl (C=O) groups is 1. The van der Waals surface area contributed by atoms with Crippen molar-refractivity contribution in [3.63, 3.8) is 0 Å². The molecule has 0 heterocycles. The fourth-order valence-corrected chi connectivity index (χ4v) is 2.34. The standard InChI is InChI=1S/C18H20ClNO2/c1-3-13(2)14-8-4-6-10-16(14)20-18(21)12-22-17-11-7-5-9-15(17)19/h4-11,13H,3,12H2,1-2H3,(H,20,21). The zero-order valence-electron chi connectivity index (χ0n) is 12.8. The lowest BCUT2D eigenvalue weighted by Gasteiger charge is -2.16. The van der Waals surface area contributed by atoms with Crippen LogP contribution in [0.15, 0.2) is 48.5 Å². The lowest BCUT2D eigenvalue weighted by molar-refractivity contribution is -0.118. The van der Waals surface area contributed by atoms with Gasteiger partial charge in [0.25, 0.3) is 5.91 Å². The Morgan fingerprint density at radius 1 is 1.18 bits per heavy atom. The number of ether oxygens (including phenoxy) is 1. The number of benzene rings is 2. The van der Waals surface area contributed by atoms with Gasteiger partial charge in [0.1, 0.15) is 5.75 Å². The van der Waals surface area contributed by atoms with Crippen molar-refractivity contribution in [1.82, 2.24) is 0 Å². The zero-order chi connectivity index (χ0) is 15.9. The van der Waals surface area contributed by atoms with Crippen LogP contribution in [-0.4, -0.2) is 12.5 Å². The van der Waals surface area contributed by atoms with Gasteiger partial charge in [-0.1, -0.05) is 55.8 Å². The maximum Gasteiger partial charge on any atom is 0.262 e. The van der Waals surface area contributed by atoms with E-state index >= 15 is 0 Å². The number of anilines is 1. The molecule has 116 valence electrons. The second-order valence-corrected chi connectivity index (χ2v) is 5.57. The third-order valence-electron chi connectivity index (χ3n) is 3.57. The van der Waals surface area contributed by atoms with Gasteiger partial charge in [-0.15, -0.1) is 0 Å². The minimum atomic E-state index is -0.198. The number of hydrogen-bond acceptors (Lipinski definition) is 2. The Bertz CT molecular complexity index is 642. The van der Waals surface area contributed by atoms with Crippen molar-refractivity contribution in [3.8, 4) is 5.75 Å². The van der Waals surface area contributed by atoms with Crippen molar-refractivity contribution in [2.24, 2.45) is 0 Å². The lowest BCUT2D eigenvalue weighted by Crippen LogP contribution is -2.21. The molecule has 0 aliphatic carbocycles. The molecule has 0 saturated heterocycles. The maximum atomic E-state index is 12.1.